The first kappa shape index (κ1) is 17.1. The maximum Gasteiger partial charge on any atom is 0.212 e. The van der Waals surface area contributed by atoms with Gasteiger partial charge in [-0.05, 0) is 30.3 Å². The number of H-pyrrole nitrogens is 1. The van der Waals surface area contributed by atoms with Crippen LogP contribution < -0.4 is 0 Å². The molecular weight excluding hydrogens is 289 g/mol. The highest BCUT2D eigenvalue weighted by Crippen LogP contribution is 2.22. The van der Waals surface area contributed by atoms with Gasteiger partial charge in [-0.3, -0.25) is 0 Å². The summed E-state index contributed by atoms with van der Waals surface area (Å²) in [6.45, 7) is 8.00. The molecule has 3 nitrogen and oxygen atoms in total. The van der Waals surface area contributed by atoms with Gasteiger partial charge in [-0.2, -0.15) is 4.39 Å². The molecule has 0 unspecified atom stereocenters. The molecule has 3 aromatic rings. The van der Waals surface area contributed by atoms with E-state index in [1.807, 2.05) is 33.8 Å². The number of imidazole rings is 1. The van der Waals surface area contributed by atoms with E-state index >= 15 is 0 Å². The van der Waals surface area contributed by atoms with Gasteiger partial charge in [0.1, 0.15) is 5.82 Å². The third-order valence-electron chi connectivity index (χ3n) is 2.44. The van der Waals surface area contributed by atoms with Gasteiger partial charge < -0.3 is 4.98 Å². The van der Waals surface area contributed by atoms with Crippen molar-refractivity contribution in [1.82, 2.24) is 15.0 Å². The summed E-state index contributed by atoms with van der Waals surface area (Å²) in [6, 6.07) is 8.33. The highest BCUT2D eigenvalue weighted by atomic mass is 35.5. The Bertz CT molecular complexity index is 678. The molecule has 0 spiro atoms. The number of fused-ring (bicyclic) bond motifs is 1. The predicted molar refractivity (Wildman–Crippen MR) is 87.0 cm³/mol. The molecule has 2 heterocycles. The van der Waals surface area contributed by atoms with Crippen molar-refractivity contribution in [2.75, 3.05) is 0 Å². The zero-order valence-corrected chi connectivity index (χ0v) is 13.4. The molecule has 0 aliphatic carbocycles. The summed E-state index contributed by atoms with van der Waals surface area (Å²) >= 11 is 5.89. The Morgan fingerprint density at radius 1 is 1.05 bits per heavy atom. The molecule has 0 fully saturated rings. The second-order valence-electron chi connectivity index (χ2n) is 3.62. The number of nitrogens with one attached hydrogen (secondary N) is 1. The second-order valence-corrected chi connectivity index (χ2v) is 4.05. The first-order valence-corrected chi connectivity index (χ1v) is 7.37. The van der Waals surface area contributed by atoms with Crippen LogP contribution in [0.15, 0.2) is 36.5 Å². The zero-order chi connectivity index (χ0) is 15.8. The molecule has 2 aromatic heterocycles. The van der Waals surface area contributed by atoms with Gasteiger partial charge in [0.05, 0.1) is 11.0 Å². The number of rotatable bonds is 1. The van der Waals surface area contributed by atoms with Gasteiger partial charge in [0.25, 0.3) is 0 Å². The van der Waals surface area contributed by atoms with Crippen molar-refractivity contribution in [1.29, 1.82) is 0 Å². The predicted octanol–water partition coefficient (Wildman–Crippen LogP) is 5.47. The topological polar surface area (TPSA) is 41.6 Å². The summed E-state index contributed by atoms with van der Waals surface area (Å²) < 4.78 is 12.7. The van der Waals surface area contributed by atoms with Gasteiger partial charge in [-0.1, -0.05) is 39.3 Å². The minimum absolute atomic E-state index is 0.507. The van der Waals surface area contributed by atoms with E-state index < -0.39 is 5.95 Å². The van der Waals surface area contributed by atoms with E-state index in [1.54, 1.807) is 18.2 Å². The fourth-order valence-electron chi connectivity index (χ4n) is 1.63. The van der Waals surface area contributed by atoms with Crippen LogP contribution in [0.1, 0.15) is 27.7 Å². The van der Waals surface area contributed by atoms with E-state index in [1.165, 1.54) is 12.3 Å². The Hall–Kier alpha value is -1.94. The lowest BCUT2D eigenvalue weighted by Gasteiger charge is -1.94. The fraction of sp³-hybridized carbons (Fsp3) is 0.250. The molecule has 0 atom stereocenters. The Kier molecular flexibility index (Phi) is 6.82. The van der Waals surface area contributed by atoms with E-state index in [2.05, 4.69) is 15.0 Å². The average Bonchev–Trinajstić information content (AvgIpc) is 2.95. The summed E-state index contributed by atoms with van der Waals surface area (Å²) in [6.07, 6.45) is 1.44. The van der Waals surface area contributed by atoms with E-state index in [4.69, 9.17) is 11.6 Å². The Morgan fingerprint density at radius 2 is 1.76 bits per heavy atom. The fourth-order valence-corrected chi connectivity index (χ4v) is 1.81. The molecule has 0 aliphatic heterocycles. The standard InChI is InChI=1S/C12H7ClFN3.2C2H6/c13-8-2-3-9-10(5-8)17-12(16-9)7-1-4-11(14)15-6-7;2*1-2/h1-6H,(H,16,17);2*1-2H3. The van der Waals surface area contributed by atoms with Crippen molar-refractivity contribution >= 4 is 22.6 Å². The molecule has 1 aromatic carbocycles. The number of pyridine rings is 1. The molecular formula is C16H19ClFN3. The largest absolute Gasteiger partial charge is 0.338 e. The van der Waals surface area contributed by atoms with Crippen LogP contribution in [0.4, 0.5) is 4.39 Å². The molecule has 0 radical (unpaired) electrons. The quantitative estimate of drug-likeness (QED) is 0.606. The van der Waals surface area contributed by atoms with Gasteiger partial charge in [0.2, 0.25) is 5.95 Å². The molecule has 1 N–H and O–H groups in total. The van der Waals surface area contributed by atoms with Gasteiger partial charge in [0.15, 0.2) is 0 Å². The first-order chi connectivity index (χ1) is 10.2. The first-order valence-electron chi connectivity index (χ1n) is 6.99. The van der Waals surface area contributed by atoms with Crippen molar-refractivity contribution in [3.05, 3.63) is 47.5 Å². The van der Waals surface area contributed by atoms with Crippen LogP contribution in [0.5, 0.6) is 0 Å². The number of aromatic nitrogens is 3. The summed E-state index contributed by atoms with van der Waals surface area (Å²) in [7, 11) is 0. The van der Waals surface area contributed by atoms with E-state index in [9.17, 15) is 4.39 Å². The van der Waals surface area contributed by atoms with Crippen LogP contribution in [0.2, 0.25) is 5.02 Å². The van der Waals surface area contributed by atoms with Gasteiger partial charge in [-0.15, -0.1) is 0 Å². The number of halogens is 2. The highest BCUT2D eigenvalue weighted by Gasteiger charge is 2.06. The molecule has 0 aliphatic rings. The summed E-state index contributed by atoms with van der Waals surface area (Å²) in [5.74, 6) is 0.141. The Labute approximate surface area is 129 Å². The van der Waals surface area contributed by atoms with Crippen LogP contribution in [0.25, 0.3) is 22.4 Å². The van der Waals surface area contributed by atoms with Crippen LogP contribution >= 0.6 is 11.6 Å². The molecule has 0 amide bonds. The van der Waals surface area contributed by atoms with Crippen molar-refractivity contribution in [2.24, 2.45) is 0 Å². The molecule has 3 rings (SSSR count). The van der Waals surface area contributed by atoms with Crippen molar-refractivity contribution in [3.8, 4) is 11.4 Å². The second kappa shape index (κ2) is 8.37. The maximum absolute atomic E-state index is 12.7. The van der Waals surface area contributed by atoms with E-state index in [0.29, 0.717) is 10.8 Å². The Balaban J connectivity index is 0.000000510. The zero-order valence-electron chi connectivity index (χ0n) is 12.6. The lowest BCUT2D eigenvalue weighted by Crippen LogP contribution is -1.84. The van der Waals surface area contributed by atoms with Crippen molar-refractivity contribution < 1.29 is 4.39 Å². The van der Waals surface area contributed by atoms with E-state index in [-0.39, 0.29) is 0 Å². The summed E-state index contributed by atoms with van der Waals surface area (Å²) in [5, 5.41) is 0.643. The third-order valence-corrected chi connectivity index (χ3v) is 2.68. The molecule has 0 bridgehead atoms. The molecule has 112 valence electrons. The minimum atomic E-state index is -0.507. The molecule has 0 saturated heterocycles. The van der Waals surface area contributed by atoms with Gasteiger partial charge in [-0.25, -0.2) is 9.97 Å². The monoisotopic (exact) mass is 307 g/mol. The van der Waals surface area contributed by atoms with Crippen molar-refractivity contribution in [2.45, 2.75) is 27.7 Å². The van der Waals surface area contributed by atoms with Crippen LogP contribution in [-0.2, 0) is 0 Å². The third kappa shape index (κ3) is 4.26. The molecule has 0 saturated carbocycles. The number of aromatic amines is 1. The maximum atomic E-state index is 12.7. The number of benzene rings is 1. The summed E-state index contributed by atoms with van der Waals surface area (Å²) in [4.78, 5) is 11.1. The van der Waals surface area contributed by atoms with Gasteiger partial charge in [0, 0.05) is 16.8 Å². The number of hydrogen-bond acceptors (Lipinski definition) is 2. The highest BCUT2D eigenvalue weighted by molar-refractivity contribution is 6.31. The smallest absolute Gasteiger partial charge is 0.212 e. The SMILES string of the molecule is CC.CC.Fc1ccc(-c2nc3ccc(Cl)cc3[nH]2)cn1. The van der Waals surface area contributed by atoms with Gasteiger partial charge >= 0.3 is 0 Å². The Morgan fingerprint density at radius 3 is 2.38 bits per heavy atom. The van der Waals surface area contributed by atoms with Crippen molar-refractivity contribution in [3.63, 3.8) is 0 Å². The summed E-state index contributed by atoms with van der Waals surface area (Å²) in [5.41, 5.74) is 2.39. The normalized spacial score (nSPS) is 9.43. The lowest BCUT2D eigenvalue weighted by atomic mass is 10.3. The van der Waals surface area contributed by atoms with Crippen LogP contribution in [-0.4, -0.2) is 15.0 Å². The lowest BCUT2D eigenvalue weighted by molar-refractivity contribution is 0.584. The number of hydrogen-bond donors (Lipinski definition) is 1. The molecule has 21 heavy (non-hydrogen) atoms. The average molecular weight is 308 g/mol. The van der Waals surface area contributed by atoms with E-state index in [0.717, 1.165) is 16.6 Å². The molecule has 5 heteroatoms. The van der Waals surface area contributed by atoms with Crippen LogP contribution in [0, 0.1) is 5.95 Å². The minimum Gasteiger partial charge on any atom is -0.338 e. The number of nitrogens with zero attached hydrogens (tertiary/aromatic N) is 2. The van der Waals surface area contributed by atoms with Crippen LogP contribution in [0.3, 0.4) is 0 Å².